The Kier molecular flexibility index (Phi) is 7.70. The van der Waals surface area contributed by atoms with Crippen LogP contribution in [0.5, 0.6) is 0 Å². The zero-order chi connectivity index (χ0) is 10.6. The molecular formula is B12I. The molecule has 0 heterocycles. The molecular weight excluding hydrogens is 257 g/mol. The van der Waals surface area contributed by atoms with E-state index >= 15 is 0 Å². The third-order valence-electron chi connectivity index (χ3n) is 1.85. The fourth-order valence-electron chi connectivity index (χ4n) is 1.04. The Morgan fingerprint density at radius 3 is 1.54 bits per heavy atom. The SMILES string of the molecule is [B][B]B([B])B(I)B(B([B])[B])B([B])[B]. The van der Waals surface area contributed by atoms with Gasteiger partial charge in [-0.1, -0.05) is 0 Å². The largest absolute Gasteiger partial charge is 0.173 e. The summed E-state index contributed by atoms with van der Waals surface area (Å²) in [5, 5.41) is 0. The van der Waals surface area contributed by atoms with Gasteiger partial charge in [-0.15, -0.1) is 0 Å². The highest BCUT2D eigenvalue weighted by Gasteiger charge is 2.33. The molecule has 0 rings (SSSR count). The molecule has 0 aliphatic carbocycles. The molecule has 0 aromatic heterocycles. The second-order valence-corrected chi connectivity index (χ2v) is 4.38. The topological polar surface area (TPSA) is 0 Å². The minimum Gasteiger partial charge on any atom is -0.173 e. The predicted molar refractivity (Wildman–Crippen MR) is 83.1 cm³/mol. The number of rotatable bonds is 5. The minimum absolute atomic E-state index is 0.0670. The molecule has 0 atom stereocenters. The van der Waals surface area contributed by atoms with Crippen LogP contribution >= 0.6 is 22.4 Å². The number of halogens is 1. The van der Waals surface area contributed by atoms with Crippen molar-refractivity contribution in [1.82, 2.24) is 0 Å². The lowest BCUT2D eigenvalue weighted by molar-refractivity contribution is 3.52. The Hall–Kier alpha value is 1.51. The summed E-state index contributed by atoms with van der Waals surface area (Å²) < 4.78 is -0.0670. The summed E-state index contributed by atoms with van der Waals surface area (Å²) in [6, 6.07) is 0. The van der Waals surface area contributed by atoms with Crippen molar-refractivity contribution < 1.29 is 0 Å². The Labute approximate surface area is 105 Å². The Morgan fingerprint density at radius 1 is 0.923 bits per heavy atom. The molecule has 0 aromatic rings. The smallest absolute Gasteiger partial charge is 0.120 e. The second kappa shape index (κ2) is 6.90. The fraction of sp³-hybridized carbons (Fsp3) is 0. The van der Waals surface area contributed by atoms with Crippen molar-refractivity contribution in [3.63, 3.8) is 0 Å². The molecule has 0 aromatic carbocycles. The summed E-state index contributed by atoms with van der Waals surface area (Å²) in [7, 11) is 34.5. The van der Waals surface area contributed by atoms with E-state index < -0.39 is 12.8 Å². The third-order valence-corrected chi connectivity index (χ3v) is 3.51. The Morgan fingerprint density at radius 2 is 1.31 bits per heavy atom. The first-order valence-electron chi connectivity index (χ1n) is 3.88. The van der Waals surface area contributed by atoms with E-state index in [-0.39, 0.29) is 17.1 Å². The maximum absolute atomic E-state index is 5.68. The van der Waals surface area contributed by atoms with Crippen LogP contribution in [-0.4, -0.2) is 83.4 Å². The average molecular weight is 257 g/mol. The van der Waals surface area contributed by atoms with Crippen molar-refractivity contribution in [2.75, 3.05) is 0 Å². The summed E-state index contributed by atoms with van der Waals surface area (Å²) in [5.74, 6) is 0. The quantitative estimate of drug-likeness (QED) is 0.351. The lowest BCUT2D eigenvalue weighted by Crippen LogP contribution is -2.65. The summed E-state index contributed by atoms with van der Waals surface area (Å²) >= 11 is 2.10. The molecule has 0 aliphatic rings. The summed E-state index contributed by atoms with van der Waals surface area (Å²) in [6.45, 7) is 0. The van der Waals surface area contributed by atoms with Crippen molar-refractivity contribution in [3.8, 4) is 0 Å². The van der Waals surface area contributed by atoms with Crippen molar-refractivity contribution in [2.24, 2.45) is 0 Å². The first-order valence-corrected chi connectivity index (χ1v) is 5.13. The minimum atomic E-state index is -0.590. The van der Waals surface area contributed by atoms with Crippen molar-refractivity contribution in [3.05, 3.63) is 0 Å². The maximum Gasteiger partial charge on any atom is 0.120 e. The van der Waals surface area contributed by atoms with Crippen molar-refractivity contribution in [2.45, 2.75) is 0 Å². The molecule has 0 unspecified atom stereocenters. The van der Waals surface area contributed by atoms with Crippen LogP contribution < -0.4 is 0 Å². The Balaban J connectivity index is 4.36. The molecule has 0 aliphatic heterocycles. The van der Waals surface area contributed by atoms with E-state index in [2.05, 4.69) is 22.4 Å². The van der Waals surface area contributed by atoms with Gasteiger partial charge in [-0.05, 0) is 0 Å². The van der Waals surface area contributed by atoms with Crippen LogP contribution in [0.1, 0.15) is 0 Å². The van der Waals surface area contributed by atoms with Crippen LogP contribution in [0.15, 0.2) is 0 Å². The molecule has 0 spiro atoms. The second-order valence-electron chi connectivity index (χ2n) is 2.95. The van der Waals surface area contributed by atoms with Crippen LogP contribution in [0.2, 0.25) is 0 Å². The van der Waals surface area contributed by atoms with Gasteiger partial charge < -0.3 is 0 Å². The van der Waals surface area contributed by atoms with E-state index in [4.69, 9.17) is 46.4 Å². The molecule has 0 saturated carbocycles. The molecule has 13 heavy (non-hydrogen) atoms. The number of hydrogen-bond donors (Lipinski definition) is 0. The molecule has 13 radical (unpaired) electrons. The highest BCUT2D eigenvalue weighted by Crippen LogP contribution is 2.04. The lowest BCUT2D eigenvalue weighted by Gasteiger charge is -2.27. The number of hydrogen-bond acceptors (Lipinski definition) is 0. The van der Waals surface area contributed by atoms with Gasteiger partial charge in [-0.2, -0.15) is 22.4 Å². The van der Waals surface area contributed by atoms with Crippen LogP contribution in [0.4, 0.5) is 0 Å². The van der Waals surface area contributed by atoms with E-state index in [1.54, 1.807) is 0 Å². The normalized spacial score (nSPS) is 8.69. The zero-order valence-electron chi connectivity index (χ0n) is 7.31. The fourth-order valence-corrected chi connectivity index (χ4v) is 2.24. The maximum atomic E-state index is 5.68. The summed E-state index contributed by atoms with van der Waals surface area (Å²) in [6.07, 6.45) is -1.74. The van der Waals surface area contributed by atoms with Gasteiger partial charge in [0.1, 0.15) is 4.35 Å². The van der Waals surface area contributed by atoms with Gasteiger partial charge in [0.2, 0.25) is 0 Å². The highest BCUT2D eigenvalue weighted by molar-refractivity contribution is 14.1. The van der Waals surface area contributed by atoms with Gasteiger partial charge >= 0.3 is 0 Å². The first kappa shape index (κ1) is 14.5. The van der Waals surface area contributed by atoms with Crippen LogP contribution in [0, 0.1) is 0 Å². The highest BCUT2D eigenvalue weighted by atomic mass is 127. The third kappa shape index (κ3) is 4.70. The van der Waals surface area contributed by atoms with E-state index in [1.807, 2.05) is 0 Å². The van der Waals surface area contributed by atoms with Gasteiger partial charge in [0.05, 0.1) is 0 Å². The van der Waals surface area contributed by atoms with Crippen molar-refractivity contribution in [1.29, 1.82) is 0 Å². The van der Waals surface area contributed by atoms with E-state index in [9.17, 15) is 0 Å². The predicted octanol–water partition coefficient (Wildman–Crippen LogP) is -3.68. The molecule has 13 heteroatoms. The zero-order valence-corrected chi connectivity index (χ0v) is 9.46. The molecule has 0 amide bonds. The van der Waals surface area contributed by atoms with Gasteiger partial charge in [-0.25, -0.2) is 0 Å². The van der Waals surface area contributed by atoms with Gasteiger partial charge in [0.15, 0.2) is 0 Å². The van der Waals surface area contributed by atoms with E-state index in [0.29, 0.717) is 0 Å². The van der Waals surface area contributed by atoms with E-state index in [0.717, 1.165) is 0 Å². The van der Waals surface area contributed by atoms with Gasteiger partial charge in [-0.3, -0.25) is 0 Å². The molecule has 0 nitrogen and oxygen atoms in total. The van der Waals surface area contributed by atoms with Crippen LogP contribution in [0.25, 0.3) is 0 Å². The molecule has 0 N–H and O–H groups in total. The Bertz CT molecular complexity index is 121. The van der Waals surface area contributed by atoms with E-state index in [1.165, 1.54) is 7.06 Å². The molecule has 0 saturated heterocycles. The molecule has 0 bridgehead atoms. The first-order chi connectivity index (χ1) is 5.91. The van der Waals surface area contributed by atoms with Gasteiger partial charge in [0, 0.05) is 79.0 Å². The van der Waals surface area contributed by atoms with Crippen molar-refractivity contribution >= 4 is 106 Å². The monoisotopic (exact) mass is 259 g/mol. The lowest BCUT2D eigenvalue weighted by atomic mass is 8.59. The van der Waals surface area contributed by atoms with Crippen LogP contribution in [0.3, 0.4) is 0 Å². The van der Waals surface area contributed by atoms with Gasteiger partial charge in [0.25, 0.3) is 0 Å². The summed E-state index contributed by atoms with van der Waals surface area (Å²) in [5.41, 5.74) is 0. The molecule has 43 valence electrons. The average Bonchev–Trinajstić information content (AvgIpc) is 2.01. The standard InChI is InChI=1S/B12I/c1-7-10(6)12(13)11(8(2)3)9(4)5. The molecule has 0 fully saturated rings. The van der Waals surface area contributed by atoms with Crippen LogP contribution in [-0.2, 0) is 0 Å². The summed E-state index contributed by atoms with van der Waals surface area (Å²) in [4.78, 5) is 0.